The number of hydrogen-bond acceptors (Lipinski definition) is 3. The van der Waals surface area contributed by atoms with Crippen LogP contribution in [0, 0.1) is 6.92 Å². The Morgan fingerprint density at radius 3 is 2.65 bits per heavy atom. The van der Waals surface area contributed by atoms with Crippen LogP contribution in [-0.2, 0) is 17.1 Å². The topological polar surface area (TPSA) is 64.0 Å². The van der Waals surface area contributed by atoms with E-state index in [2.05, 4.69) is 25.6 Å². The van der Waals surface area contributed by atoms with Gasteiger partial charge in [-0.1, -0.05) is 22.9 Å². The SMILES string of the molecule is CCC(CCBr)NS(=O)(=O)c1cn(C)c(C)n1. The minimum Gasteiger partial charge on any atom is -0.337 e. The van der Waals surface area contributed by atoms with E-state index in [0.29, 0.717) is 5.82 Å². The van der Waals surface area contributed by atoms with E-state index in [1.54, 1.807) is 18.5 Å². The summed E-state index contributed by atoms with van der Waals surface area (Å²) >= 11 is 3.32. The van der Waals surface area contributed by atoms with Gasteiger partial charge in [-0.2, -0.15) is 0 Å². The molecule has 7 heteroatoms. The molecule has 98 valence electrons. The molecule has 1 rings (SSSR count). The lowest BCUT2D eigenvalue weighted by Gasteiger charge is -2.14. The molecule has 1 unspecified atom stereocenters. The number of aryl methyl sites for hydroxylation is 2. The smallest absolute Gasteiger partial charge is 0.259 e. The molecule has 0 spiro atoms. The molecule has 0 aliphatic carbocycles. The Balaban J connectivity index is 2.88. The summed E-state index contributed by atoms with van der Waals surface area (Å²) in [6, 6.07) is -0.0540. The van der Waals surface area contributed by atoms with Crippen molar-refractivity contribution in [2.24, 2.45) is 7.05 Å². The van der Waals surface area contributed by atoms with Crippen molar-refractivity contribution in [2.45, 2.75) is 37.8 Å². The number of imidazole rings is 1. The Kier molecular flexibility index (Phi) is 5.15. The summed E-state index contributed by atoms with van der Waals surface area (Å²) in [5.41, 5.74) is 0. The van der Waals surface area contributed by atoms with E-state index in [-0.39, 0.29) is 11.1 Å². The van der Waals surface area contributed by atoms with Crippen LogP contribution in [0.15, 0.2) is 11.2 Å². The Labute approximate surface area is 111 Å². The van der Waals surface area contributed by atoms with Gasteiger partial charge in [0.15, 0.2) is 5.03 Å². The Morgan fingerprint density at radius 2 is 2.24 bits per heavy atom. The number of rotatable bonds is 6. The molecule has 0 aliphatic rings. The van der Waals surface area contributed by atoms with E-state index < -0.39 is 10.0 Å². The van der Waals surface area contributed by atoms with Crippen molar-refractivity contribution in [2.75, 3.05) is 5.33 Å². The van der Waals surface area contributed by atoms with Crippen LogP contribution in [0.3, 0.4) is 0 Å². The fraction of sp³-hybridized carbons (Fsp3) is 0.700. The third-order valence-corrected chi connectivity index (χ3v) is 4.48. The van der Waals surface area contributed by atoms with Gasteiger partial charge in [0, 0.05) is 24.6 Å². The number of nitrogens with zero attached hydrogens (tertiary/aromatic N) is 2. The number of aromatic nitrogens is 2. The molecule has 17 heavy (non-hydrogen) atoms. The number of halogens is 1. The second kappa shape index (κ2) is 5.97. The number of sulfonamides is 1. The van der Waals surface area contributed by atoms with E-state index in [4.69, 9.17) is 0 Å². The van der Waals surface area contributed by atoms with Gasteiger partial charge in [-0.15, -0.1) is 0 Å². The van der Waals surface area contributed by atoms with E-state index in [0.717, 1.165) is 18.2 Å². The van der Waals surface area contributed by atoms with Crippen LogP contribution in [0.25, 0.3) is 0 Å². The van der Waals surface area contributed by atoms with E-state index in [1.165, 1.54) is 6.20 Å². The second-order valence-corrected chi connectivity index (χ2v) is 6.40. The highest BCUT2D eigenvalue weighted by Crippen LogP contribution is 2.10. The average molecular weight is 324 g/mol. The molecule has 1 atom stereocenters. The number of hydrogen-bond donors (Lipinski definition) is 1. The van der Waals surface area contributed by atoms with Crippen molar-refractivity contribution in [1.29, 1.82) is 0 Å². The van der Waals surface area contributed by atoms with Gasteiger partial charge in [0.1, 0.15) is 5.82 Å². The van der Waals surface area contributed by atoms with Gasteiger partial charge in [-0.25, -0.2) is 18.1 Å². The highest BCUT2D eigenvalue weighted by molar-refractivity contribution is 9.09. The van der Waals surface area contributed by atoms with Crippen LogP contribution in [0.5, 0.6) is 0 Å². The third-order valence-electron chi connectivity index (χ3n) is 2.63. The van der Waals surface area contributed by atoms with Gasteiger partial charge in [0.2, 0.25) is 0 Å². The number of alkyl halides is 1. The van der Waals surface area contributed by atoms with E-state index in [9.17, 15) is 8.42 Å². The standard InChI is InChI=1S/C10H18BrN3O2S/c1-4-9(5-6-11)13-17(15,16)10-7-14(3)8(2)12-10/h7,9,13H,4-6H2,1-3H3. The normalized spacial score (nSPS) is 13.9. The van der Waals surface area contributed by atoms with Crippen molar-refractivity contribution >= 4 is 26.0 Å². The molecule has 0 aliphatic heterocycles. The molecule has 1 N–H and O–H groups in total. The molecule has 0 bridgehead atoms. The lowest BCUT2D eigenvalue weighted by Crippen LogP contribution is -2.34. The monoisotopic (exact) mass is 323 g/mol. The fourth-order valence-electron chi connectivity index (χ4n) is 1.41. The molecule has 1 aromatic heterocycles. The van der Waals surface area contributed by atoms with Crippen LogP contribution >= 0.6 is 15.9 Å². The Morgan fingerprint density at radius 1 is 1.59 bits per heavy atom. The van der Waals surface area contributed by atoms with Gasteiger partial charge >= 0.3 is 0 Å². The minimum atomic E-state index is -3.50. The van der Waals surface area contributed by atoms with Crippen LogP contribution in [0.2, 0.25) is 0 Å². The number of nitrogens with one attached hydrogen (secondary N) is 1. The molecule has 0 fully saturated rings. The minimum absolute atomic E-state index is 0.0540. The first-order chi connectivity index (χ1) is 7.90. The summed E-state index contributed by atoms with van der Waals surface area (Å²) in [6.07, 6.45) is 3.05. The highest BCUT2D eigenvalue weighted by atomic mass is 79.9. The maximum absolute atomic E-state index is 12.0. The predicted octanol–water partition coefficient (Wildman–Crippen LogP) is 1.57. The third kappa shape index (κ3) is 3.79. The van der Waals surface area contributed by atoms with Gasteiger partial charge in [0.25, 0.3) is 10.0 Å². The highest BCUT2D eigenvalue weighted by Gasteiger charge is 2.21. The van der Waals surface area contributed by atoms with Crippen molar-refractivity contribution in [3.63, 3.8) is 0 Å². The summed E-state index contributed by atoms with van der Waals surface area (Å²) < 4.78 is 28.4. The molecule has 0 saturated carbocycles. The molecule has 1 aromatic rings. The lowest BCUT2D eigenvalue weighted by molar-refractivity contribution is 0.530. The first-order valence-electron chi connectivity index (χ1n) is 5.49. The summed E-state index contributed by atoms with van der Waals surface area (Å²) in [6.45, 7) is 3.73. The molecule has 1 heterocycles. The largest absolute Gasteiger partial charge is 0.337 e. The quantitative estimate of drug-likeness (QED) is 0.808. The summed E-state index contributed by atoms with van der Waals surface area (Å²) in [7, 11) is -1.72. The zero-order chi connectivity index (χ0) is 13.1. The van der Waals surface area contributed by atoms with Crippen molar-refractivity contribution in [3.05, 3.63) is 12.0 Å². The molecule has 0 radical (unpaired) electrons. The fourth-order valence-corrected chi connectivity index (χ4v) is 3.36. The van der Waals surface area contributed by atoms with Crippen LogP contribution in [0.1, 0.15) is 25.6 Å². The Hall–Kier alpha value is -0.400. The van der Waals surface area contributed by atoms with Gasteiger partial charge in [-0.3, -0.25) is 0 Å². The molecule has 0 amide bonds. The summed E-state index contributed by atoms with van der Waals surface area (Å²) in [4.78, 5) is 4.03. The first-order valence-corrected chi connectivity index (χ1v) is 8.09. The van der Waals surface area contributed by atoms with Crippen LogP contribution in [-0.4, -0.2) is 29.3 Å². The molecular weight excluding hydrogens is 306 g/mol. The maximum atomic E-state index is 12.0. The maximum Gasteiger partial charge on any atom is 0.259 e. The molecule has 0 aromatic carbocycles. The van der Waals surface area contributed by atoms with Gasteiger partial charge in [0.05, 0.1) is 0 Å². The van der Waals surface area contributed by atoms with Crippen molar-refractivity contribution in [1.82, 2.24) is 14.3 Å². The van der Waals surface area contributed by atoms with Crippen LogP contribution in [0.4, 0.5) is 0 Å². The zero-order valence-corrected chi connectivity index (χ0v) is 12.7. The average Bonchev–Trinajstić information content (AvgIpc) is 2.59. The molecule has 5 nitrogen and oxygen atoms in total. The van der Waals surface area contributed by atoms with Gasteiger partial charge in [-0.05, 0) is 19.8 Å². The van der Waals surface area contributed by atoms with E-state index >= 15 is 0 Å². The lowest BCUT2D eigenvalue weighted by atomic mass is 10.2. The van der Waals surface area contributed by atoms with E-state index in [1.807, 2.05) is 6.92 Å². The predicted molar refractivity (Wildman–Crippen MR) is 70.8 cm³/mol. The molecular formula is C10H18BrN3O2S. The molecule has 0 saturated heterocycles. The summed E-state index contributed by atoms with van der Waals surface area (Å²) in [5.74, 6) is 0.680. The van der Waals surface area contributed by atoms with Crippen LogP contribution < -0.4 is 4.72 Å². The second-order valence-electron chi connectivity index (χ2n) is 3.94. The Bertz CT molecular complexity index is 450. The zero-order valence-electron chi connectivity index (χ0n) is 10.3. The van der Waals surface area contributed by atoms with Crippen molar-refractivity contribution in [3.8, 4) is 0 Å². The summed E-state index contributed by atoms with van der Waals surface area (Å²) in [5, 5.41) is 0.862. The first kappa shape index (κ1) is 14.7. The van der Waals surface area contributed by atoms with Gasteiger partial charge < -0.3 is 4.57 Å². The van der Waals surface area contributed by atoms with Crippen molar-refractivity contribution < 1.29 is 8.42 Å².